The molecule has 1 aromatic rings. The summed E-state index contributed by atoms with van der Waals surface area (Å²) in [5.41, 5.74) is 5.28. The molecule has 9 heteroatoms. The molecule has 0 radical (unpaired) electrons. The molecule has 104 valence electrons. The van der Waals surface area contributed by atoms with Crippen LogP contribution in [0.2, 0.25) is 0 Å². The van der Waals surface area contributed by atoms with E-state index in [1.54, 1.807) is 4.90 Å². The molecule has 0 aliphatic carbocycles. The fourth-order valence-corrected chi connectivity index (χ4v) is 3.23. The number of hydrogen-bond donors (Lipinski definition) is 1. The first kappa shape index (κ1) is 13.5. The number of pyridine rings is 1. The van der Waals surface area contributed by atoms with E-state index in [1.165, 1.54) is 12.1 Å². The summed E-state index contributed by atoms with van der Waals surface area (Å²) in [5.74, 6) is 0.534. The maximum Gasteiger partial charge on any atom is 0.311 e. The third-order valence-corrected chi connectivity index (χ3v) is 4.68. The number of rotatable bonds is 2. The van der Waals surface area contributed by atoms with Crippen LogP contribution in [0, 0.1) is 10.1 Å². The fourth-order valence-electron chi connectivity index (χ4n) is 1.95. The van der Waals surface area contributed by atoms with Crippen LogP contribution in [0.4, 0.5) is 17.3 Å². The van der Waals surface area contributed by atoms with E-state index in [2.05, 4.69) is 4.98 Å². The van der Waals surface area contributed by atoms with Crippen molar-refractivity contribution < 1.29 is 13.3 Å². The molecule has 2 heterocycles. The third-order valence-electron chi connectivity index (χ3n) is 2.96. The zero-order chi connectivity index (χ0) is 14.0. The number of anilines is 2. The second kappa shape index (κ2) is 5.00. The number of nitrogens with two attached hydrogens (primary N) is 1. The van der Waals surface area contributed by atoms with Gasteiger partial charge in [-0.25, -0.2) is 13.4 Å². The van der Waals surface area contributed by atoms with Gasteiger partial charge in [0.1, 0.15) is 5.82 Å². The topological polar surface area (TPSA) is 119 Å². The predicted molar refractivity (Wildman–Crippen MR) is 70.8 cm³/mol. The van der Waals surface area contributed by atoms with Gasteiger partial charge in [-0.3, -0.25) is 10.1 Å². The number of sulfone groups is 1. The molecule has 0 unspecified atom stereocenters. The van der Waals surface area contributed by atoms with Gasteiger partial charge in [-0.1, -0.05) is 0 Å². The molecular weight excluding hydrogens is 272 g/mol. The largest absolute Gasteiger partial charge is 0.378 e. The molecule has 2 N–H and O–H groups in total. The van der Waals surface area contributed by atoms with E-state index < -0.39 is 14.8 Å². The van der Waals surface area contributed by atoms with Gasteiger partial charge in [0.25, 0.3) is 0 Å². The first-order valence-corrected chi connectivity index (χ1v) is 7.57. The van der Waals surface area contributed by atoms with Crippen molar-refractivity contribution >= 4 is 27.2 Å². The third kappa shape index (κ3) is 3.11. The highest BCUT2D eigenvalue weighted by Gasteiger charge is 2.21. The quantitative estimate of drug-likeness (QED) is 0.609. The zero-order valence-corrected chi connectivity index (χ0v) is 11.0. The maximum absolute atomic E-state index is 11.5. The van der Waals surface area contributed by atoms with Crippen molar-refractivity contribution in [1.82, 2.24) is 4.98 Å². The van der Waals surface area contributed by atoms with Gasteiger partial charge in [-0.05, 0) is 12.5 Å². The Balaban J connectivity index is 2.23. The van der Waals surface area contributed by atoms with Crippen molar-refractivity contribution in [3.8, 4) is 0 Å². The van der Waals surface area contributed by atoms with Crippen LogP contribution in [-0.4, -0.2) is 42.9 Å². The van der Waals surface area contributed by atoms with E-state index in [0.29, 0.717) is 25.3 Å². The van der Waals surface area contributed by atoms with Gasteiger partial charge >= 0.3 is 5.69 Å². The Labute approximate surface area is 110 Å². The molecule has 0 aromatic carbocycles. The molecular formula is C10H14N4O4S. The number of hydrogen-bond acceptors (Lipinski definition) is 7. The molecule has 1 fully saturated rings. The molecule has 8 nitrogen and oxygen atoms in total. The van der Waals surface area contributed by atoms with Crippen molar-refractivity contribution in [3.05, 3.63) is 22.2 Å². The highest BCUT2D eigenvalue weighted by Crippen LogP contribution is 2.23. The lowest BCUT2D eigenvalue weighted by Gasteiger charge is -2.20. The number of aromatic nitrogens is 1. The van der Waals surface area contributed by atoms with E-state index in [0.717, 1.165) is 0 Å². The highest BCUT2D eigenvalue weighted by atomic mass is 32.2. The molecule has 1 aliphatic heterocycles. The van der Waals surface area contributed by atoms with E-state index in [4.69, 9.17) is 5.73 Å². The van der Waals surface area contributed by atoms with Crippen LogP contribution in [0.5, 0.6) is 0 Å². The summed E-state index contributed by atoms with van der Waals surface area (Å²) in [7, 11) is -3.00. The van der Waals surface area contributed by atoms with Crippen LogP contribution in [0.15, 0.2) is 12.1 Å². The SMILES string of the molecule is Nc1nc(N2CCCS(=O)(=O)CC2)ccc1[N+](=O)[O-]. The van der Waals surface area contributed by atoms with Gasteiger partial charge in [0.05, 0.1) is 16.4 Å². The van der Waals surface area contributed by atoms with Crippen molar-refractivity contribution in [2.45, 2.75) is 6.42 Å². The van der Waals surface area contributed by atoms with E-state index in [-0.39, 0.29) is 23.0 Å². The molecule has 1 aromatic heterocycles. The van der Waals surface area contributed by atoms with Gasteiger partial charge in [-0.2, -0.15) is 0 Å². The Morgan fingerprint density at radius 2 is 2.05 bits per heavy atom. The average molecular weight is 286 g/mol. The summed E-state index contributed by atoms with van der Waals surface area (Å²) >= 11 is 0. The minimum Gasteiger partial charge on any atom is -0.378 e. The molecule has 1 aliphatic rings. The Morgan fingerprint density at radius 3 is 2.68 bits per heavy atom. The van der Waals surface area contributed by atoms with E-state index in [9.17, 15) is 18.5 Å². The second-order valence-electron chi connectivity index (χ2n) is 4.32. The molecule has 0 saturated carbocycles. The molecule has 0 amide bonds. The van der Waals surface area contributed by atoms with Crippen LogP contribution < -0.4 is 10.6 Å². The van der Waals surface area contributed by atoms with Crippen LogP contribution in [0.25, 0.3) is 0 Å². The Kier molecular flexibility index (Phi) is 3.56. The van der Waals surface area contributed by atoms with Crippen molar-refractivity contribution in [2.24, 2.45) is 0 Å². The molecule has 19 heavy (non-hydrogen) atoms. The number of nitro groups is 1. The first-order chi connectivity index (χ1) is 8.89. The lowest BCUT2D eigenvalue weighted by Crippen LogP contribution is -2.27. The van der Waals surface area contributed by atoms with Gasteiger partial charge < -0.3 is 10.6 Å². The summed E-state index contributed by atoms with van der Waals surface area (Å²) in [4.78, 5) is 15.8. The Bertz CT molecular complexity index is 602. The summed E-state index contributed by atoms with van der Waals surface area (Å²) in [6, 6.07) is 2.78. The summed E-state index contributed by atoms with van der Waals surface area (Å²) in [5, 5.41) is 10.6. The van der Waals surface area contributed by atoms with Gasteiger partial charge in [0, 0.05) is 19.2 Å². The second-order valence-corrected chi connectivity index (χ2v) is 6.63. The minimum absolute atomic E-state index is 0.0611. The van der Waals surface area contributed by atoms with Crippen LogP contribution in [0.3, 0.4) is 0 Å². The monoisotopic (exact) mass is 286 g/mol. The first-order valence-electron chi connectivity index (χ1n) is 5.75. The molecule has 2 rings (SSSR count). The van der Waals surface area contributed by atoms with Crippen molar-refractivity contribution in [3.63, 3.8) is 0 Å². The lowest BCUT2D eigenvalue weighted by molar-refractivity contribution is -0.384. The standard InChI is InChI=1S/C10H14N4O4S/c11-10-8(14(15)16)2-3-9(12-10)13-4-1-6-19(17,18)7-5-13/h2-3H,1,4-7H2,(H2,11,12). The lowest BCUT2D eigenvalue weighted by atomic mass is 10.3. The molecule has 0 spiro atoms. The fraction of sp³-hybridized carbons (Fsp3) is 0.500. The zero-order valence-electron chi connectivity index (χ0n) is 10.2. The number of nitrogens with zero attached hydrogens (tertiary/aromatic N) is 3. The van der Waals surface area contributed by atoms with E-state index >= 15 is 0 Å². The van der Waals surface area contributed by atoms with Crippen LogP contribution in [-0.2, 0) is 9.84 Å². The minimum atomic E-state index is -3.00. The summed E-state index contributed by atoms with van der Waals surface area (Å²) in [6.07, 6.45) is 0.515. The molecule has 0 bridgehead atoms. The van der Waals surface area contributed by atoms with Gasteiger partial charge in [0.15, 0.2) is 9.84 Å². The van der Waals surface area contributed by atoms with Gasteiger partial charge in [0.2, 0.25) is 5.82 Å². The normalized spacial score (nSPS) is 18.8. The van der Waals surface area contributed by atoms with Crippen molar-refractivity contribution in [1.29, 1.82) is 0 Å². The van der Waals surface area contributed by atoms with Gasteiger partial charge in [-0.15, -0.1) is 0 Å². The van der Waals surface area contributed by atoms with Crippen LogP contribution >= 0.6 is 0 Å². The molecule has 1 saturated heterocycles. The Morgan fingerprint density at radius 1 is 1.32 bits per heavy atom. The summed E-state index contributed by atoms with van der Waals surface area (Å²) < 4.78 is 23.0. The van der Waals surface area contributed by atoms with E-state index in [1.807, 2.05) is 0 Å². The molecule has 0 atom stereocenters. The predicted octanol–water partition coefficient (Wildman–Crippen LogP) is 0.197. The maximum atomic E-state index is 11.5. The Hall–Kier alpha value is -1.90. The van der Waals surface area contributed by atoms with Crippen LogP contribution in [0.1, 0.15) is 6.42 Å². The average Bonchev–Trinajstić information content (AvgIpc) is 2.49. The smallest absolute Gasteiger partial charge is 0.311 e. The number of nitrogen functional groups attached to an aromatic ring is 1. The highest BCUT2D eigenvalue weighted by molar-refractivity contribution is 7.91. The van der Waals surface area contributed by atoms with Crippen molar-refractivity contribution in [2.75, 3.05) is 35.2 Å². The summed E-state index contributed by atoms with van der Waals surface area (Å²) in [6.45, 7) is 0.871.